The van der Waals surface area contributed by atoms with Crippen LogP contribution in [0.3, 0.4) is 0 Å². The quantitative estimate of drug-likeness (QED) is 0.747. The summed E-state index contributed by atoms with van der Waals surface area (Å²) in [6.07, 6.45) is -0.223. The van der Waals surface area contributed by atoms with E-state index in [1.165, 1.54) is 0 Å². The number of amides is 1. The zero-order chi connectivity index (χ0) is 16.9. The van der Waals surface area contributed by atoms with Crippen molar-refractivity contribution < 1.29 is 19.0 Å². The smallest absolute Gasteiger partial charge is 0.258 e. The molecule has 7 heteroatoms. The molecular formula is C17H15Br2NO4. The predicted octanol–water partition coefficient (Wildman–Crippen LogP) is 3.55. The minimum Gasteiger partial charge on any atom is -0.486 e. The number of halogens is 2. The Labute approximate surface area is 156 Å². The molecule has 2 aromatic carbocycles. The molecule has 1 atom stereocenters. The summed E-state index contributed by atoms with van der Waals surface area (Å²) < 4.78 is 18.5. The minimum atomic E-state index is -0.223. The summed E-state index contributed by atoms with van der Waals surface area (Å²) in [5.41, 5.74) is 0. The lowest BCUT2D eigenvalue weighted by molar-refractivity contribution is -0.123. The Hall–Kier alpha value is -1.73. The maximum Gasteiger partial charge on any atom is 0.258 e. The SMILES string of the molecule is O=C(COc1c(Br)cccc1Br)NCC1COc2ccccc2O1. The summed E-state index contributed by atoms with van der Waals surface area (Å²) in [6, 6.07) is 13.0. The van der Waals surface area contributed by atoms with Gasteiger partial charge < -0.3 is 19.5 Å². The number of hydrogen-bond donors (Lipinski definition) is 1. The van der Waals surface area contributed by atoms with Crippen LogP contribution in [0.4, 0.5) is 0 Å². The third kappa shape index (κ3) is 4.21. The average Bonchev–Trinajstić information content (AvgIpc) is 2.59. The van der Waals surface area contributed by atoms with Crippen molar-refractivity contribution in [3.63, 3.8) is 0 Å². The molecule has 3 rings (SSSR count). The van der Waals surface area contributed by atoms with Gasteiger partial charge in [0.05, 0.1) is 15.5 Å². The molecule has 1 heterocycles. The van der Waals surface area contributed by atoms with Gasteiger partial charge in [0.1, 0.15) is 18.5 Å². The number of carbonyl (C=O) groups excluding carboxylic acids is 1. The standard InChI is InChI=1S/C17H15Br2NO4/c18-12-4-3-5-13(19)17(12)23-10-16(21)20-8-11-9-22-14-6-1-2-7-15(14)24-11/h1-7,11H,8-10H2,(H,20,21). The molecule has 0 bridgehead atoms. The zero-order valence-electron chi connectivity index (χ0n) is 12.6. The van der Waals surface area contributed by atoms with Crippen LogP contribution in [0.25, 0.3) is 0 Å². The number of ether oxygens (including phenoxy) is 3. The molecule has 5 nitrogen and oxygen atoms in total. The zero-order valence-corrected chi connectivity index (χ0v) is 15.8. The van der Waals surface area contributed by atoms with Crippen molar-refractivity contribution in [3.8, 4) is 17.2 Å². The van der Waals surface area contributed by atoms with Crippen molar-refractivity contribution in [2.45, 2.75) is 6.10 Å². The van der Waals surface area contributed by atoms with Gasteiger partial charge in [-0.25, -0.2) is 0 Å². The van der Waals surface area contributed by atoms with Crippen LogP contribution in [0.5, 0.6) is 17.2 Å². The molecule has 0 fully saturated rings. The summed E-state index contributed by atoms with van der Waals surface area (Å²) in [6.45, 7) is 0.674. The Bertz CT molecular complexity index is 718. The average molecular weight is 457 g/mol. The van der Waals surface area contributed by atoms with Gasteiger partial charge in [0.2, 0.25) is 0 Å². The third-order valence-corrected chi connectivity index (χ3v) is 4.61. The highest BCUT2D eigenvalue weighted by atomic mass is 79.9. The van der Waals surface area contributed by atoms with Crippen LogP contribution >= 0.6 is 31.9 Å². The van der Waals surface area contributed by atoms with Crippen molar-refractivity contribution in [2.24, 2.45) is 0 Å². The molecule has 126 valence electrons. The van der Waals surface area contributed by atoms with Crippen molar-refractivity contribution in [3.05, 3.63) is 51.4 Å². The van der Waals surface area contributed by atoms with E-state index in [9.17, 15) is 4.79 Å². The molecule has 2 aromatic rings. The lowest BCUT2D eigenvalue weighted by atomic mass is 10.2. The van der Waals surface area contributed by atoms with Gasteiger partial charge >= 0.3 is 0 Å². The Morgan fingerprint density at radius 3 is 2.58 bits per heavy atom. The Morgan fingerprint density at radius 1 is 1.12 bits per heavy atom. The van der Waals surface area contributed by atoms with E-state index in [0.29, 0.717) is 24.7 Å². The molecule has 0 saturated heterocycles. The first-order chi connectivity index (χ1) is 11.6. The summed E-state index contributed by atoms with van der Waals surface area (Å²) in [5, 5.41) is 2.79. The highest BCUT2D eigenvalue weighted by Crippen LogP contribution is 2.33. The molecular weight excluding hydrogens is 442 g/mol. The second kappa shape index (κ2) is 7.90. The lowest BCUT2D eigenvalue weighted by Gasteiger charge is -2.26. The van der Waals surface area contributed by atoms with E-state index in [1.54, 1.807) is 0 Å². The molecule has 1 amide bonds. The molecule has 0 radical (unpaired) electrons. The van der Waals surface area contributed by atoms with Crippen molar-refractivity contribution in [2.75, 3.05) is 19.8 Å². The van der Waals surface area contributed by atoms with Crippen LogP contribution in [0.2, 0.25) is 0 Å². The fraction of sp³-hybridized carbons (Fsp3) is 0.235. The van der Waals surface area contributed by atoms with Crippen molar-refractivity contribution >= 4 is 37.8 Å². The molecule has 0 saturated carbocycles. The van der Waals surface area contributed by atoms with E-state index in [2.05, 4.69) is 37.2 Å². The molecule has 1 aliphatic heterocycles. The van der Waals surface area contributed by atoms with Gasteiger partial charge in [-0.2, -0.15) is 0 Å². The van der Waals surface area contributed by atoms with E-state index in [4.69, 9.17) is 14.2 Å². The molecule has 0 aromatic heterocycles. The van der Waals surface area contributed by atoms with E-state index >= 15 is 0 Å². The summed E-state index contributed by atoms with van der Waals surface area (Å²) in [4.78, 5) is 12.0. The number of carbonyl (C=O) groups is 1. The van der Waals surface area contributed by atoms with E-state index < -0.39 is 0 Å². The molecule has 0 spiro atoms. The van der Waals surface area contributed by atoms with Gasteiger partial charge in [-0.1, -0.05) is 18.2 Å². The molecule has 0 aliphatic carbocycles. The first-order valence-electron chi connectivity index (χ1n) is 7.35. The van der Waals surface area contributed by atoms with Crippen molar-refractivity contribution in [1.82, 2.24) is 5.32 Å². The molecule has 1 aliphatic rings. The fourth-order valence-corrected chi connectivity index (χ4v) is 3.43. The predicted molar refractivity (Wildman–Crippen MR) is 96.7 cm³/mol. The van der Waals surface area contributed by atoms with Gasteiger partial charge in [0.15, 0.2) is 18.1 Å². The number of rotatable bonds is 5. The first-order valence-corrected chi connectivity index (χ1v) is 8.94. The normalized spacial score (nSPS) is 15.7. The van der Waals surface area contributed by atoms with E-state index in [0.717, 1.165) is 14.7 Å². The van der Waals surface area contributed by atoms with Gasteiger partial charge in [-0.3, -0.25) is 4.79 Å². The highest BCUT2D eigenvalue weighted by Gasteiger charge is 2.21. The Morgan fingerprint density at radius 2 is 1.83 bits per heavy atom. The number of fused-ring (bicyclic) bond motifs is 1. The number of nitrogens with one attached hydrogen (secondary N) is 1. The number of para-hydroxylation sites is 3. The van der Waals surface area contributed by atoms with Crippen LogP contribution in [0.1, 0.15) is 0 Å². The van der Waals surface area contributed by atoms with Crippen molar-refractivity contribution in [1.29, 1.82) is 0 Å². The van der Waals surface area contributed by atoms with E-state index in [1.807, 2.05) is 42.5 Å². The largest absolute Gasteiger partial charge is 0.486 e. The molecule has 24 heavy (non-hydrogen) atoms. The number of benzene rings is 2. The second-order valence-electron chi connectivity index (χ2n) is 5.14. The highest BCUT2D eigenvalue weighted by molar-refractivity contribution is 9.11. The minimum absolute atomic E-state index is 0.0780. The number of hydrogen-bond acceptors (Lipinski definition) is 4. The van der Waals surface area contributed by atoms with Crippen LogP contribution in [0.15, 0.2) is 51.4 Å². The van der Waals surface area contributed by atoms with Gasteiger partial charge in [-0.05, 0) is 56.1 Å². The van der Waals surface area contributed by atoms with Crippen LogP contribution in [-0.4, -0.2) is 31.8 Å². The monoisotopic (exact) mass is 455 g/mol. The molecule has 1 N–H and O–H groups in total. The van der Waals surface area contributed by atoms with Gasteiger partial charge in [0, 0.05) is 0 Å². The maximum absolute atomic E-state index is 12.0. The summed E-state index contributed by atoms with van der Waals surface area (Å²) >= 11 is 6.78. The van der Waals surface area contributed by atoms with E-state index in [-0.39, 0.29) is 18.6 Å². The second-order valence-corrected chi connectivity index (χ2v) is 6.85. The Kier molecular flexibility index (Phi) is 5.63. The van der Waals surface area contributed by atoms with Crippen LogP contribution in [-0.2, 0) is 4.79 Å². The van der Waals surface area contributed by atoms with Gasteiger partial charge in [0.25, 0.3) is 5.91 Å². The summed E-state index contributed by atoms with van der Waals surface area (Å²) in [5.74, 6) is 1.79. The third-order valence-electron chi connectivity index (χ3n) is 3.36. The first kappa shape index (κ1) is 17.1. The van der Waals surface area contributed by atoms with Gasteiger partial charge in [-0.15, -0.1) is 0 Å². The van der Waals surface area contributed by atoms with Crippen LogP contribution in [0, 0.1) is 0 Å². The fourth-order valence-electron chi connectivity index (χ4n) is 2.20. The molecule has 1 unspecified atom stereocenters. The lowest BCUT2D eigenvalue weighted by Crippen LogP contribution is -2.42. The summed E-state index contributed by atoms with van der Waals surface area (Å²) in [7, 11) is 0. The van der Waals surface area contributed by atoms with Crippen LogP contribution < -0.4 is 19.5 Å². The Balaban J connectivity index is 1.47. The maximum atomic E-state index is 12.0. The topological polar surface area (TPSA) is 56.8 Å².